The maximum Gasteiger partial charge on any atom is 0.312 e. The van der Waals surface area contributed by atoms with Crippen LogP contribution in [0.2, 0.25) is 0 Å². The van der Waals surface area contributed by atoms with Crippen molar-refractivity contribution in [2.24, 2.45) is 63.1 Å². The molecule has 0 aromatic rings. The monoisotopic (exact) mass is 738 g/mol. The Morgan fingerprint density at radius 2 is 1.06 bits per heavy atom. The molecule has 0 radical (unpaired) electrons. The quantitative estimate of drug-likeness (QED) is 0.225. The van der Waals surface area contributed by atoms with Gasteiger partial charge in [-0.2, -0.15) is 0 Å². The normalized spacial score (nSPS) is 52.6. The second-order valence-electron chi connectivity index (χ2n) is 22.4. The van der Waals surface area contributed by atoms with Gasteiger partial charge in [-0.25, -0.2) is 0 Å². The zero-order valence-electron chi connectivity index (χ0n) is 32.3. The molecule has 12 bridgehead atoms. The van der Waals surface area contributed by atoms with Gasteiger partial charge in [-0.15, -0.1) is 0 Å². The zero-order chi connectivity index (χ0) is 36.9. The first-order valence-corrected chi connectivity index (χ1v) is 21.2. The van der Waals surface area contributed by atoms with Gasteiger partial charge in [-0.1, -0.05) is 20.8 Å². The Labute approximate surface area is 314 Å². The molecular formula is C43H62O10. The summed E-state index contributed by atoms with van der Waals surface area (Å²) in [5.74, 6) is 0.135. The van der Waals surface area contributed by atoms with Gasteiger partial charge in [0.25, 0.3) is 0 Å². The first kappa shape index (κ1) is 35.6. The molecule has 10 nitrogen and oxygen atoms in total. The van der Waals surface area contributed by atoms with Crippen LogP contribution in [-0.2, 0) is 38.1 Å². The summed E-state index contributed by atoms with van der Waals surface area (Å²) in [6, 6.07) is 0. The van der Waals surface area contributed by atoms with E-state index in [2.05, 4.69) is 20.8 Å². The molecule has 6 atom stereocenters. The lowest BCUT2D eigenvalue weighted by molar-refractivity contribution is -0.411. The summed E-state index contributed by atoms with van der Waals surface area (Å²) < 4.78 is 32.8. The Bertz CT molecular complexity index is 1450. The lowest BCUT2D eigenvalue weighted by Crippen LogP contribution is -2.70. The highest BCUT2D eigenvalue weighted by Gasteiger charge is 2.70. The van der Waals surface area contributed by atoms with Crippen LogP contribution in [0.15, 0.2) is 0 Å². The first-order valence-electron chi connectivity index (χ1n) is 21.2. The lowest BCUT2D eigenvalue weighted by atomic mass is 9.47. The van der Waals surface area contributed by atoms with Gasteiger partial charge >= 0.3 is 17.9 Å². The SMILES string of the molecule is CC(C)(C)COC(=O)C12CC3CC(C1)C1(OCCC(COC(=O)C45CC6CC(CC(O)(C6)C4)C5)(COC(=O)C45CC6CC(CC(O)(C6)C4)C5)O1)C(C3)C2. The van der Waals surface area contributed by atoms with Crippen molar-refractivity contribution in [3.05, 3.63) is 0 Å². The van der Waals surface area contributed by atoms with E-state index in [-0.39, 0.29) is 48.4 Å². The summed E-state index contributed by atoms with van der Waals surface area (Å²) in [5, 5.41) is 22.8. The molecule has 6 unspecified atom stereocenters. The van der Waals surface area contributed by atoms with E-state index in [0.29, 0.717) is 74.9 Å². The molecule has 53 heavy (non-hydrogen) atoms. The molecule has 2 N–H and O–H groups in total. The van der Waals surface area contributed by atoms with Crippen LogP contribution in [0, 0.1) is 63.1 Å². The summed E-state index contributed by atoms with van der Waals surface area (Å²) in [5.41, 5.74) is -4.73. The van der Waals surface area contributed by atoms with Crippen LogP contribution in [-0.4, -0.2) is 77.1 Å². The molecule has 13 fully saturated rings. The number of esters is 3. The van der Waals surface area contributed by atoms with E-state index in [0.717, 1.165) is 83.5 Å². The number of aliphatic hydroxyl groups is 2. The topological polar surface area (TPSA) is 138 Å². The molecule has 0 aromatic carbocycles. The number of hydrogen-bond donors (Lipinski definition) is 2. The number of rotatable bonds is 8. The van der Waals surface area contributed by atoms with Gasteiger partial charge in [-0.05, 0) is 144 Å². The standard InChI is InChI=1S/C43H62O10/c1-36(2,3)23-49-33(44)37-10-26-8-31(19-37)43(32(9-26)20-37)52-5-4-42(53-43,24-50-34(45)38-11-27-6-28(12-38)16-40(47,15-27)21-38)25-51-35(46)39-13-29-7-30(14-39)18-41(48,17-29)22-39/h26-32,47-48H,4-25H2,1-3H3. The second-order valence-corrected chi connectivity index (χ2v) is 22.4. The molecule has 12 aliphatic carbocycles. The highest BCUT2D eigenvalue weighted by molar-refractivity contribution is 5.79. The Hall–Kier alpha value is -1.75. The maximum atomic E-state index is 14.3. The van der Waals surface area contributed by atoms with E-state index in [1.54, 1.807) is 0 Å². The number of carbonyl (C=O) groups excluding carboxylic acids is 3. The zero-order valence-corrected chi connectivity index (χ0v) is 32.3. The van der Waals surface area contributed by atoms with Crippen LogP contribution in [0.1, 0.15) is 136 Å². The van der Waals surface area contributed by atoms with Crippen molar-refractivity contribution in [2.75, 3.05) is 26.4 Å². The van der Waals surface area contributed by atoms with Crippen molar-refractivity contribution in [3.8, 4) is 0 Å². The van der Waals surface area contributed by atoms with Gasteiger partial charge in [0.2, 0.25) is 0 Å². The Morgan fingerprint density at radius 3 is 1.51 bits per heavy atom. The van der Waals surface area contributed by atoms with Crippen molar-refractivity contribution in [2.45, 2.75) is 159 Å². The van der Waals surface area contributed by atoms with Crippen molar-refractivity contribution < 1.29 is 48.3 Å². The van der Waals surface area contributed by atoms with E-state index < -0.39 is 38.8 Å². The third-order valence-electron chi connectivity index (χ3n) is 16.5. The first-order chi connectivity index (χ1) is 24.9. The number of ether oxygens (including phenoxy) is 5. The van der Waals surface area contributed by atoms with Crippen LogP contribution >= 0.6 is 0 Å². The predicted octanol–water partition coefficient (Wildman–Crippen LogP) is 6.02. The van der Waals surface area contributed by atoms with E-state index >= 15 is 0 Å². The molecule has 13 rings (SSSR count). The number of carbonyl (C=O) groups is 3. The minimum absolute atomic E-state index is 0.0307. The summed E-state index contributed by atoms with van der Waals surface area (Å²) in [7, 11) is 0. The Kier molecular flexibility index (Phi) is 7.69. The maximum absolute atomic E-state index is 14.3. The van der Waals surface area contributed by atoms with Crippen LogP contribution in [0.4, 0.5) is 0 Å². The molecule has 294 valence electrons. The number of hydrogen-bond acceptors (Lipinski definition) is 10. The Morgan fingerprint density at radius 1 is 0.604 bits per heavy atom. The van der Waals surface area contributed by atoms with Crippen LogP contribution < -0.4 is 0 Å². The second kappa shape index (κ2) is 11.4. The smallest absolute Gasteiger partial charge is 0.312 e. The van der Waals surface area contributed by atoms with E-state index in [4.69, 9.17) is 23.7 Å². The van der Waals surface area contributed by atoms with Gasteiger partial charge in [0, 0.05) is 18.3 Å². The fraction of sp³-hybridized carbons (Fsp3) is 0.930. The summed E-state index contributed by atoms with van der Waals surface area (Å²) >= 11 is 0. The minimum Gasteiger partial charge on any atom is -0.465 e. The molecule has 10 heteroatoms. The summed E-state index contributed by atoms with van der Waals surface area (Å²) in [6.45, 7) is 6.88. The molecule has 13 aliphatic rings. The minimum atomic E-state index is -1.11. The van der Waals surface area contributed by atoms with Crippen LogP contribution in [0.3, 0.4) is 0 Å². The molecule has 1 heterocycles. The molecule has 1 saturated heterocycles. The Balaban J connectivity index is 0.915. The molecule has 1 spiro atoms. The summed E-state index contributed by atoms with van der Waals surface area (Å²) in [4.78, 5) is 42.4. The van der Waals surface area contributed by atoms with Crippen molar-refractivity contribution in [1.82, 2.24) is 0 Å². The summed E-state index contributed by atoms with van der Waals surface area (Å²) in [6.07, 6.45) is 13.5. The molecule has 12 saturated carbocycles. The predicted molar refractivity (Wildman–Crippen MR) is 190 cm³/mol. The van der Waals surface area contributed by atoms with Crippen LogP contribution in [0.5, 0.6) is 0 Å². The fourth-order valence-corrected chi connectivity index (χ4v) is 15.7. The lowest BCUT2D eigenvalue weighted by Gasteiger charge is -2.65. The van der Waals surface area contributed by atoms with E-state index in [9.17, 15) is 24.6 Å². The fourth-order valence-electron chi connectivity index (χ4n) is 15.7. The van der Waals surface area contributed by atoms with E-state index in [1.165, 1.54) is 0 Å². The molecule has 0 amide bonds. The van der Waals surface area contributed by atoms with Crippen LogP contribution in [0.25, 0.3) is 0 Å². The van der Waals surface area contributed by atoms with Gasteiger partial charge in [0.15, 0.2) is 5.79 Å². The van der Waals surface area contributed by atoms with Gasteiger partial charge in [0.05, 0.1) is 40.7 Å². The van der Waals surface area contributed by atoms with Gasteiger partial charge in [0.1, 0.15) is 18.8 Å². The van der Waals surface area contributed by atoms with Crippen molar-refractivity contribution in [3.63, 3.8) is 0 Å². The highest BCUT2D eigenvalue weighted by atomic mass is 16.7. The van der Waals surface area contributed by atoms with E-state index in [1.807, 2.05) is 0 Å². The van der Waals surface area contributed by atoms with Gasteiger partial charge in [-0.3, -0.25) is 14.4 Å². The largest absolute Gasteiger partial charge is 0.465 e. The highest BCUT2D eigenvalue weighted by Crippen LogP contribution is 2.68. The van der Waals surface area contributed by atoms with Crippen molar-refractivity contribution in [1.29, 1.82) is 0 Å². The molecule has 1 aliphatic heterocycles. The third kappa shape index (κ3) is 5.70. The van der Waals surface area contributed by atoms with Gasteiger partial charge < -0.3 is 33.9 Å². The molecule has 0 aromatic heterocycles. The average molecular weight is 739 g/mol. The third-order valence-corrected chi connectivity index (χ3v) is 16.5. The molecular weight excluding hydrogens is 676 g/mol. The average Bonchev–Trinajstić information content (AvgIpc) is 3.05. The van der Waals surface area contributed by atoms with Crippen molar-refractivity contribution >= 4 is 17.9 Å².